The van der Waals surface area contributed by atoms with Gasteiger partial charge in [-0.05, 0) is 42.0 Å². The number of nitrogens with zero attached hydrogens (tertiary/aromatic N) is 2. The number of nitrogens with one attached hydrogen (secondary N) is 2. The third-order valence-electron chi connectivity index (χ3n) is 4.14. The molecule has 5 nitrogen and oxygen atoms in total. The summed E-state index contributed by atoms with van der Waals surface area (Å²) in [6, 6.07) is 19.7. The summed E-state index contributed by atoms with van der Waals surface area (Å²) in [5.74, 6) is 0.798. The normalized spacial score (nSPS) is 10.8. The van der Waals surface area contributed by atoms with E-state index < -0.39 is 0 Å². The van der Waals surface area contributed by atoms with Crippen LogP contribution in [0.5, 0.6) is 0 Å². The molecule has 134 valence electrons. The van der Waals surface area contributed by atoms with Crippen LogP contribution in [0.25, 0.3) is 10.9 Å². The fourth-order valence-electron chi connectivity index (χ4n) is 2.80. The fraction of sp³-hybridized carbons (Fsp3) is 0.0952. The molecule has 2 aromatic heterocycles. The Morgan fingerprint density at radius 3 is 2.70 bits per heavy atom. The van der Waals surface area contributed by atoms with Crippen LogP contribution in [0, 0.1) is 0 Å². The number of pyridine rings is 1. The van der Waals surface area contributed by atoms with E-state index in [1.807, 2.05) is 60.8 Å². The molecule has 0 radical (unpaired) electrons. The van der Waals surface area contributed by atoms with Gasteiger partial charge < -0.3 is 5.32 Å². The highest BCUT2D eigenvalue weighted by Crippen LogP contribution is 2.24. The minimum Gasteiger partial charge on any atom is -0.326 e. The van der Waals surface area contributed by atoms with Crippen molar-refractivity contribution in [1.82, 2.24) is 15.2 Å². The molecule has 0 saturated carbocycles. The highest BCUT2D eigenvalue weighted by molar-refractivity contribution is 7.98. The van der Waals surface area contributed by atoms with Gasteiger partial charge in [0.05, 0.1) is 17.6 Å². The molecular weight excluding hydrogens is 356 g/mol. The van der Waals surface area contributed by atoms with E-state index in [2.05, 4.69) is 26.6 Å². The van der Waals surface area contributed by atoms with Crippen LogP contribution in [0.2, 0.25) is 0 Å². The zero-order valence-corrected chi connectivity index (χ0v) is 15.4. The van der Waals surface area contributed by atoms with Crippen molar-refractivity contribution in [2.24, 2.45) is 0 Å². The Balaban J connectivity index is 1.34. The molecule has 2 heterocycles. The number of hydrogen-bond donors (Lipinski definition) is 2. The van der Waals surface area contributed by atoms with Crippen LogP contribution in [0.15, 0.2) is 78.0 Å². The Labute approximate surface area is 161 Å². The number of fused-ring (bicyclic) bond motifs is 1. The topological polar surface area (TPSA) is 70.7 Å². The maximum Gasteiger partial charge on any atom is 0.230 e. The smallest absolute Gasteiger partial charge is 0.230 e. The first-order chi connectivity index (χ1) is 13.3. The number of carbonyl (C=O) groups excluding carboxylic acids is 1. The van der Waals surface area contributed by atoms with Crippen LogP contribution >= 0.6 is 11.8 Å². The predicted octanol–water partition coefficient (Wildman–Crippen LogP) is 4.43. The molecule has 4 aromatic rings. The SMILES string of the molecule is O=C(Cc1[nH]nc2ccccc12)Nc1ccc(SCc2cccnc2)cc1. The summed E-state index contributed by atoms with van der Waals surface area (Å²) in [7, 11) is 0. The van der Waals surface area contributed by atoms with E-state index in [-0.39, 0.29) is 12.3 Å². The lowest BCUT2D eigenvalue weighted by molar-refractivity contribution is -0.115. The van der Waals surface area contributed by atoms with E-state index in [1.165, 1.54) is 5.56 Å². The maximum absolute atomic E-state index is 12.3. The van der Waals surface area contributed by atoms with Crippen LogP contribution in [-0.2, 0) is 17.0 Å². The third kappa shape index (κ3) is 4.35. The molecule has 0 unspecified atom stereocenters. The van der Waals surface area contributed by atoms with Gasteiger partial charge in [-0.25, -0.2) is 0 Å². The summed E-state index contributed by atoms with van der Waals surface area (Å²) >= 11 is 1.74. The van der Waals surface area contributed by atoms with E-state index in [1.54, 1.807) is 18.0 Å². The number of thioether (sulfide) groups is 1. The van der Waals surface area contributed by atoms with Crippen molar-refractivity contribution >= 4 is 34.3 Å². The van der Waals surface area contributed by atoms with Crippen molar-refractivity contribution in [3.8, 4) is 0 Å². The minimum absolute atomic E-state index is 0.0693. The minimum atomic E-state index is -0.0693. The molecule has 0 fully saturated rings. The molecular formula is C21H18N4OS. The number of hydrogen-bond acceptors (Lipinski definition) is 4. The first-order valence-electron chi connectivity index (χ1n) is 8.61. The van der Waals surface area contributed by atoms with Gasteiger partial charge in [0.25, 0.3) is 0 Å². The fourth-order valence-corrected chi connectivity index (χ4v) is 3.63. The Morgan fingerprint density at radius 1 is 1.04 bits per heavy atom. The number of para-hydroxylation sites is 1. The monoisotopic (exact) mass is 374 g/mol. The van der Waals surface area contributed by atoms with Crippen molar-refractivity contribution in [2.75, 3.05) is 5.32 Å². The van der Waals surface area contributed by atoms with Crippen LogP contribution in [0.3, 0.4) is 0 Å². The van der Waals surface area contributed by atoms with Crippen molar-refractivity contribution in [2.45, 2.75) is 17.1 Å². The first-order valence-corrected chi connectivity index (χ1v) is 9.60. The molecule has 6 heteroatoms. The standard InChI is InChI=1S/C21H18N4OS/c26-21(12-20-18-5-1-2-6-19(18)24-25-20)23-16-7-9-17(10-8-16)27-14-15-4-3-11-22-13-15/h1-11,13H,12,14H2,(H,23,26)(H,24,25). The van der Waals surface area contributed by atoms with Gasteiger partial charge in [-0.1, -0.05) is 24.3 Å². The number of H-pyrrole nitrogens is 1. The van der Waals surface area contributed by atoms with Gasteiger partial charge in [-0.3, -0.25) is 14.9 Å². The first kappa shape index (κ1) is 17.3. The summed E-state index contributed by atoms with van der Waals surface area (Å²) in [6.45, 7) is 0. The number of benzene rings is 2. The molecule has 0 aliphatic rings. The van der Waals surface area contributed by atoms with Crippen LogP contribution in [-0.4, -0.2) is 21.1 Å². The molecule has 0 aliphatic carbocycles. The Kier molecular flexibility index (Phi) is 5.16. The number of anilines is 1. The van der Waals surface area contributed by atoms with Crippen LogP contribution < -0.4 is 5.32 Å². The largest absolute Gasteiger partial charge is 0.326 e. The number of carbonyl (C=O) groups is 1. The average molecular weight is 374 g/mol. The summed E-state index contributed by atoms with van der Waals surface area (Å²) in [4.78, 5) is 17.6. The van der Waals surface area contributed by atoms with Crippen molar-refractivity contribution in [1.29, 1.82) is 0 Å². The number of amides is 1. The molecule has 0 atom stereocenters. The predicted molar refractivity (Wildman–Crippen MR) is 109 cm³/mol. The maximum atomic E-state index is 12.3. The van der Waals surface area contributed by atoms with Crippen LogP contribution in [0.1, 0.15) is 11.3 Å². The lowest BCUT2D eigenvalue weighted by Crippen LogP contribution is -2.14. The molecule has 2 N–H and O–H groups in total. The van der Waals surface area contributed by atoms with Gasteiger partial charge in [0, 0.05) is 34.1 Å². The Bertz CT molecular complexity index is 1040. The van der Waals surface area contributed by atoms with E-state index in [9.17, 15) is 4.79 Å². The molecule has 0 bridgehead atoms. The van der Waals surface area contributed by atoms with Crippen molar-refractivity contribution in [3.05, 3.63) is 84.3 Å². The van der Waals surface area contributed by atoms with E-state index in [0.29, 0.717) is 0 Å². The van der Waals surface area contributed by atoms with E-state index in [4.69, 9.17) is 0 Å². The van der Waals surface area contributed by atoms with E-state index in [0.717, 1.165) is 32.9 Å². The van der Waals surface area contributed by atoms with Gasteiger partial charge in [0.2, 0.25) is 5.91 Å². The Hall–Kier alpha value is -3.12. The molecule has 2 aromatic carbocycles. The summed E-state index contributed by atoms with van der Waals surface area (Å²) in [5.41, 5.74) is 3.67. The summed E-state index contributed by atoms with van der Waals surface area (Å²) in [5, 5.41) is 11.1. The second-order valence-corrected chi connectivity index (χ2v) is 7.17. The molecule has 0 aliphatic heterocycles. The van der Waals surface area contributed by atoms with Crippen molar-refractivity contribution in [3.63, 3.8) is 0 Å². The molecule has 0 spiro atoms. The lowest BCUT2D eigenvalue weighted by atomic mass is 10.1. The van der Waals surface area contributed by atoms with Gasteiger partial charge in [-0.2, -0.15) is 5.10 Å². The van der Waals surface area contributed by atoms with E-state index >= 15 is 0 Å². The second kappa shape index (κ2) is 8.05. The van der Waals surface area contributed by atoms with Gasteiger partial charge >= 0.3 is 0 Å². The van der Waals surface area contributed by atoms with Crippen LogP contribution in [0.4, 0.5) is 5.69 Å². The third-order valence-corrected chi connectivity index (χ3v) is 5.23. The lowest BCUT2D eigenvalue weighted by Gasteiger charge is -2.06. The quantitative estimate of drug-likeness (QED) is 0.490. The van der Waals surface area contributed by atoms with Crippen molar-refractivity contribution < 1.29 is 4.79 Å². The molecule has 1 amide bonds. The summed E-state index contributed by atoms with van der Waals surface area (Å²) in [6.07, 6.45) is 3.91. The number of aromatic nitrogens is 3. The second-order valence-electron chi connectivity index (χ2n) is 6.12. The Morgan fingerprint density at radius 2 is 1.89 bits per heavy atom. The number of aromatic amines is 1. The van der Waals surface area contributed by atoms with Gasteiger partial charge in [0.1, 0.15) is 0 Å². The molecule has 0 saturated heterocycles. The summed E-state index contributed by atoms with van der Waals surface area (Å²) < 4.78 is 0. The van der Waals surface area contributed by atoms with Gasteiger partial charge in [0.15, 0.2) is 0 Å². The highest BCUT2D eigenvalue weighted by atomic mass is 32.2. The highest BCUT2D eigenvalue weighted by Gasteiger charge is 2.10. The number of rotatable bonds is 6. The van der Waals surface area contributed by atoms with Gasteiger partial charge in [-0.15, -0.1) is 11.8 Å². The molecule has 27 heavy (non-hydrogen) atoms. The zero-order valence-electron chi connectivity index (χ0n) is 14.6. The zero-order chi connectivity index (χ0) is 18.5. The average Bonchev–Trinajstić information content (AvgIpc) is 3.11. The molecule has 4 rings (SSSR count).